The second-order valence-corrected chi connectivity index (χ2v) is 6.13. The molecular weight excluding hydrogens is 294 g/mol. The number of aryl methyl sites for hydroxylation is 1. The average Bonchev–Trinajstić information content (AvgIpc) is 2.98. The molecule has 1 heterocycles. The molecule has 0 aliphatic heterocycles. The molecular formula is C21H21N3. The van der Waals surface area contributed by atoms with Gasteiger partial charge in [-0.2, -0.15) is 0 Å². The molecule has 3 aromatic carbocycles. The van der Waals surface area contributed by atoms with Crippen LogP contribution in [0.4, 0.5) is 0 Å². The smallest absolute Gasteiger partial charge is 0.110 e. The summed E-state index contributed by atoms with van der Waals surface area (Å²) < 4.78 is 2.34. The van der Waals surface area contributed by atoms with Crippen molar-refractivity contribution in [2.24, 2.45) is 5.73 Å². The van der Waals surface area contributed by atoms with Gasteiger partial charge < -0.3 is 10.3 Å². The predicted octanol–water partition coefficient (Wildman–Crippen LogP) is 4.13. The molecule has 0 spiro atoms. The molecule has 0 aliphatic rings. The highest BCUT2D eigenvalue weighted by atomic mass is 15.1. The van der Waals surface area contributed by atoms with Crippen molar-refractivity contribution in [1.82, 2.24) is 9.55 Å². The van der Waals surface area contributed by atoms with E-state index in [1.807, 2.05) is 6.07 Å². The van der Waals surface area contributed by atoms with Crippen molar-refractivity contribution in [3.63, 3.8) is 0 Å². The number of imidazole rings is 1. The SMILES string of the molecule is NCCCc1nc2ccccc2n1Cc1cccc2ccccc12. The Morgan fingerprint density at radius 2 is 1.67 bits per heavy atom. The summed E-state index contributed by atoms with van der Waals surface area (Å²) in [6, 6.07) is 23.4. The van der Waals surface area contributed by atoms with Crippen LogP contribution in [-0.4, -0.2) is 16.1 Å². The summed E-state index contributed by atoms with van der Waals surface area (Å²) in [5.41, 5.74) is 9.29. The summed E-state index contributed by atoms with van der Waals surface area (Å²) in [4.78, 5) is 4.83. The fourth-order valence-corrected chi connectivity index (χ4v) is 3.35. The van der Waals surface area contributed by atoms with E-state index in [0.29, 0.717) is 6.54 Å². The van der Waals surface area contributed by atoms with Crippen LogP contribution in [0.3, 0.4) is 0 Å². The van der Waals surface area contributed by atoms with Crippen molar-refractivity contribution in [3.05, 3.63) is 78.1 Å². The standard InChI is InChI=1S/C21H21N3/c22-14-6-13-21-23-19-11-3-4-12-20(19)24(21)15-17-9-5-8-16-7-1-2-10-18(16)17/h1-5,7-12H,6,13-15,22H2. The number of nitrogens with zero attached hydrogens (tertiary/aromatic N) is 2. The molecule has 3 nitrogen and oxygen atoms in total. The second-order valence-electron chi connectivity index (χ2n) is 6.13. The molecule has 0 aliphatic carbocycles. The van der Waals surface area contributed by atoms with Crippen LogP contribution < -0.4 is 5.73 Å². The van der Waals surface area contributed by atoms with E-state index in [1.54, 1.807) is 0 Å². The minimum atomic E-state index is 0.692. The Labute approximate surface area is 141 Å². The average molecular weight is 315 g/mol. The summed E-state index contributed by atoms with van der Waals surface area (Å²) in [7, 11) is 0. The lowest BCUT2D eigenvalue weighted by Crippen LogP contribution is -2.08. The lowest BCUT2D eigenvalue weighted by molar-refractivity contribution is 0.705. The van der Waals surface area contributed by atoms with Crippen LogP contribution >= 0.6 is 0 Å². The van der Waals surface area contributed by atoms with Gasteiger partial charge in [0.25, 0.3) is 0 Å². The van der Waals surface area contributed by atoms with Crippen molar-refractivity contribution in [2.45, 2.75) is 19.4 Å². The predicted molar refractivity (Wildman–Crippen MR) is 100 cm³/mol. The molecule has 3 heteroatoms. The Morgan fingerprint density at radius 1 is 0.875 bits per heavy atom. The summed E-state index contributed by atoms with van der Waals surface area (Å²) >= 11 is 0. The van der Waals surface area contributed by atoms with Crippen LogP contribution in [0, 0.1) is 0 Å². The van der Waals surface area contributed by atoms with E-state index in [2.05, 4.69) is 65.2 Å². The highest BCUT2D eigenvalue weighted by molar-refractivity contribution is 5.86. The molecule has 0 saturated carbocycles. The highest BCUT2D eigenvalue weighted by Gasteiger charge is 2.11. The number of rotatable bonds is 5. The van der Waals surface area contributed by atoms with Gasteiger partial charge in [0.15, 0.2) is 0 Å². The van der Waals surface area contributed by atoms with E-state index in [-0.39, 0.29) is 0 Å². The van der Waals surface area contributed by atoms with Gasteiger partial charge in [0.1, 0.15) is 5.82 Å². The number of para-hydroxylation sites is 2. The van der Waals surface area contributed by atoms with E-state index in [9.17, 15) is 0 Å². The fraction of sp³-hybridized carbons (Fsp3) is 0.190. The molecule has 2 N–H and O–H groups in total. The Balaban J connectivity index is 1.83. The van der Waals surface area contributed by atoms with Crippen LogP contribution in [0.5, 0.6) is 0 Å². The van der Waals surface area contributed by atoms with Gasteiger partial charge in [-0.05, 0) is 41.4 Å². The number of nitrogens with two attached hydrogens (primary N) is 1. The minimum absolute atomic E-state index is 0.692. The van der Waals surface area contributed by atoms with Crippen molar-refractivity contribution in [1.29, 1.82) is 0 Å². The van der Waals surface area contributed by atoms with Crippen LogP contribution in [0.25, 0.3) is 21.8 Å². The first-order chi connectivity index (χ1) is 11.9. The second kappa shape index (κ2) is 6.46. The zero-order valence-electron chi connectivity index (χ0n) is 13.7. The van der Waals surface area contributed by atoms with Gasteiger partial charge in [-0.25, -0.2) is 4.98 Å². The Hall–Kier alpha value is -2.65. The number of aromatic nitrogens is 2. The minimum Gasteiger partial charge on any atom is -0.330 e. The van der Waals surface area contributed by atoms with Gasteiger partial charge >= 0.3 is 0 Å². The Bertz CT molecular complexity index is 979. The van der Waals surface area contributed by atoms with Crippen molar-refractivity contribution in [2.75, 3.05) is 6.54 Å². The molecule has 4 rings (SSSR count). The molecule has 0 atom stereocenters. The van der Waals surface area contributed by atoms with Crippen molar-refractivity contribution >= 4 is 21.8 Å². The molecule has 4 aromatic rings. The Morgan fingerprint density at radius 3 is 2.58 bits per heavy atom. The molecule has 0 saturated heterocycles. The largest absolute Gasteiger partial charge is 0.330 e. The summed E-state index contributed by atoms with van der Waals surface area (Å²) in [5.74, 6) is 1.12. The van der Waals surface area contributed by atoms with Gasteiger partial charge in [-0.1, -0.05) is 54.6 Å². The van der Waals surface area contributed by atoms with Crippen LogP contribution in [0.1, 0.15) is 17.8 Å². The number of fused-ring (bicyclic) bond motifs is 2. The summed E-state index contributed by atoms with van der Waals surface area (Å²) in [5, 5.41) is 2.59. The highest BCUT2D eigenvalue weighted by Crippen LogP contribution is 2.23. The molecule has 1 aromatic heterocycles. The lowest BCUT2D eigenvalue weighted by atomic mass is 10.0. The fourth-order valence-electron chi connectivity index (χ4n) is 3.35. The molecule has 0 fully saturated rings. The lowest BCUT2D eigenvalue weighted by Gasteiger charge is -2.12. The van der Waals surface area contributed by atoms with E-state index in [1.165, 1.54) is 21.9 Å². The number of hydrogen-bond donors (Lipinski definition) is 1. The molecule has 0 unspecified atom stereocenters. The van der Waals surface area contributed by atoms with Crippen LogP contribution in [0.15, 0.2) is 66.7 Å². The van der Waals surface area contributed by atoms with E-state index in [0.717, 1.165) is 30.7 Å². The first kappa shape index (κ1) is 14.9. The summed E-state index contributed by atoms with van der Waals surface area (Å²) in [6.07, 6.45) is 1.87. The third-order valence-electron chi connectivity index (χ3n) is 4.55. The van der Waals surface area contributed by atoms with Gasteiger partial charge in [-0.15, -0.1) is 0 Å². The quantitative estimate of drug-likeness (QED) is 0.602. The maximum absolute atomic E-state index is 5.71. The Kier molecular flexibility index (Phi) is 4.01. The third-order valence-corrected chi connectivity index (χ3v) is 4.55. The first-order valence-corrected chi connectivity index (χ1v) is 8.47. The summed E-state index contributed by atoms with van der Waals surface area (Å²) in [6.45, 7) is 1.53. The molecule has 0 amide bonds. The molecule has 0 bridgehead atoms. The monoisotopic (exact) mass is 315 g/mol. The maximum atomic E-state index is 5.71. The topological polar surface area (TPSA) is 43.8 Å². The van der Waals surface area contributed by atoms with Gasteiger partial charge in [0.2, 0.25) is 0 Å². The first-order valence-electron chi connectivity index (χ1n) is 8.47. The van der Waals surface area contributed by atoms with E-state index < -0.39 is 0 Å². The van der Waals surface area contributed by atoms with Crippen molar-refractivity contribution < 1.29 is 0 Å². The zero-order chi connectivity index (χ0) is 16.4. The van der Waals surface area contributed by atoms with Gasteiger partial charge in [0, 0.05) is 13.0 Å². The zero-order valence-corrected chi connectivity index (χ0v) is 13.7. The third kappa shape index (κ3) is 2.68. The van der Waals surface area contributed by atoms with Gasteiger partial charge in [0.05, 0.1) is 11.0 Å². The van der Waals surface area contributed by atoms with Crippen LogP contribution in [0.2, 0.25) is 0 Å². The molecule has 0 radical (unpaired) electrons. The van der Waals surface area contributed by atoms with Gasteiger partial charge in [-0.3, -0.25) is 0 Å². The van der Waals surface area contributed by atoms with E-state index in [4.69, 9.17) is 10.7 Å². The normalized spacial score (nSPS) is 11.4. The number of benzene rings is 3. The van der Waals surface area contributed by atoms with Crippen LogP contribution in [-0.2, 0) is 13.0 Å². The maximum Gasteiger partial charge on any atom is 0.110 e. The number of hydrogen-bond acceptors (Lipinski definition) is 2. The van der Waals surface area contributed by atoms with E-state index >= 15 is 0 Å². The molecule has 24 heavy (non-hydrogen) atoms. The molecule has 120 valence electrons. The van der Waals surface area contributed by atoms with Crippen molar-refractivity contribution in [3.8, 4) is 0 Å².